The Balaban J connectivity index is 1.53. The van der Waals surface area contributed by atoms with E-state index in [9.17, 15) is 10.2 Å². The number of nitrogens with one attached hydrogen (secondary N) is 1. The van der Waals surface area contributed by atoms with E-state index >= 15 is 0 Å². The maximum absolute atomic E-state index is 9.57. The Bertz CT molecular complexity index is 1050. The topological polar surface area (TPSA) is 83.2 Å². The van der Waals surface area contributed by atoms with E-state index in [-0.39, 0.29) is 11.5 Å². The summed E-state index contributed by atoms with van der Waals surface area (Å²) >= 11 is 1.47. The molecule has 2 aromatic heterocycles. The number of hydrogen-bond donors (Lipinski definition) is 3. The van der Waals surface area contributed by atoms with E-state index in [0.29, 0.717) is 10.8 Å². The van der Waals surface area contributed by atoms with Gasteiger partial charge in [-0.05, 0) is 36.8 Å². The second-order valence-corrected chi connectivity index (χ2v) is 6.73. The van der Waals surface area contributed by atoms with Gasteiger partial charge in [0, 0.05) is 28.9 Å². The molecule has 0 aliphatic rings. The van der Waals surface area contributed by atoms with Gasteiger partial charge in [-0.3, -0.25) is 0 Å². The van der Waals surface area contributed by atoms with E-state index in [1.54, 1.807) is 6.07 Å². The molecule has 0 saturated heterocycles. The minimum Gasteiger partial charge on any atom is -0.504 e. The zero-order chi connectivity index (χ0) is 18.1. The highest BCUT2D eigenvalue weighted by Gasteiger charge is 2.07. The van der Waals surface area contributed by atoms with Crippen LogP contribution in [0.1, 0.15) is 5.56 Å². The van der Waals surface area contributed by atoms with Gasteiger partial charge in [0.25, 0.3) is 0 Å². The largest absolute Gasteiger partial charge is 0.504 e. The maximum Gasteiger partial charge on any atom is 0.187 e. The van der Waals surface area contributed by atoms with Crippen LogP contribution in [0.3, 0.4) is 0 Å². The van der Waals surface area contributed by atoms with E-state index in [4.69, 9.17) is 0 Å². The number of rotatable bonds is 4. The van der Waals surface area contributed by atoms with Crippen LogP contribution in [-0.2, 0) is 0 Å². The number of thiazole rings is 1. The summed E-state index contributed by atoms with van der Waals surface area (Å²) in [7, 11) is 0. The van der Waals surface area contributed by atoms with Gasteiger partial charge in [0.1, 0.15) is 0 Å². The molecule has 0 fully saturated rings. The van der Waals surface area contributed by atoms with Crippen molar-refractivity contribution >= 4 is 22.2 Å². The minimum absolute atomic E-state index is 0.150. The summed E-state index contributed by atoms with van der Waals surface area (Å²) in [6, 6.07) is 12.6. The van der Waals surface area contributed by atoms with Crippen LogP contribution in [0.25, 0.3) is 16.9 Å². The molecular formula is C19H16N4O2S. The van der Waals surface area contributed by atoms with E-state index < -0.39 is 0 Å². The zero-order valence-corrected chi connectivity index (χ0v) is 14.7. The molecule has 2 aromatic carbocycles. The van der Waals surface area contributed by atoms with Crippen LogP contribution >= 0.6 is 11.3 Å². The van der Waals surface area contributed by atoms with Crippen molar-refractivity contribution in [1.29, 1.82) is 0 Å². The number of phenols is 2. The number of aromatic nitrogens is 3. The lowest BCUT2D eigenvalue weighted by Crippen LogP contribution is -1.93. The quantitative estimate of drug-likeness (QED) is 0.368. The van der Waals surface area contributed by atoms with Crippen molar-refractivity contribution in [2.75, 3.05) is 5.32 Å². The van der Waals surface area contributed by atoms with Crippen molar-refractivity contribution in [2.45, 2.75) is 6.92 Å². The number of anilines is 2. The van der Waals surface area contributed by atoms with Crippen LogP contribution in [0, 0.1) is 6.92 Å². The Morgan fingerprint density at radius 3 is 2.54 bits per heavy atom. The van der Waals surface area contributed by atoms with Crippen LogP contribution in [0.15, 0.2) is 60.2 Å². The molecular weight excluding hydrogens is 348 g/mol. The highest BCUT2D eigenvalue weighted by atomic mass is 32.1. The average Bonchev–Trinajstić information content (AvgIpc) is 3.28. The van der Waals surface area contributed by atoms with Gasteiger partial charge in [-0.25, -0.2) is 9.67 Å². The van der Waals surface area contributed by atoms with Crippen molar-refractivity contribution in [3.05, 3.63) is 65.8 Å². The summed E-state index contributed by atoms with van der Waals surface area (Å²) in [5.41, 5.74) is 4.64. The van der Waals surface area contributed by atoms with E-state index in [2.05, 4.69) is 15.4 Å². The summed E-state index contributed by atoms with van der Waals surface area (Å²) in [6.07, 6.45) is 3.81. The van der Waals surface area contributed by atoms with Crippen molar-refractivity contribution in [1.82, 2.24) is 14.8 Å². The molecule has 0 saturated carbocycles. The van der Waals surface area contributed by atoms with Gasteiger partial charge < -0.3 is 15.5 Å². The first-order valence-corrected chi connectivity index (χ1v) is 8.83. The number of nitrogens with zero attached hydrogens (tertiary/aromatic N) is 3. The molecule has 3 N–H and O–H groups in total. The first-order valence-electron chi connectivity index (χ1n) is 7.95. The standard InChI is InChI=1S/C19H16N4O2S/c1-12-9-20-23(10-12)15-5-2-13(3-6-15)16-11-26-19(22-16)21-14-4-7-17(24)18(25)8-14/h2-11,24-25H,1H3,(H,21,22). The van der Waals surface area contributed by atoms with Crippen LogP contribution in [0.4, 0.5) is 10.8 Å². The maximum atomic E-state index is 9.57. The first kappa shape index (κ1) is 16.2. The summed E-state index contributed by atoms with van der Waals surface area (Å²) in [5.74, 6) is -0.320. The fourth-order valence-corrected chi connectivity index (χ4v) is 3.27. The Labute approximate surface area is 154 Å². The van der Waals surface area contributed by atoms with E-state index in [1.807, 2.05) is 53.6 Å². The van der Waals surface area contributed by atoms with Crippen molar-refractivity contribution < 1.29 is 10.2 Å². The van der Waals surface area contributed by atoms with Gasteiger partial charge in [0.05, 0.1) is 17.6 Å². The third-order valence-corrected chi connectivity index (χ3v) is 4.63. The first-order chi connectivity index (χ1) is 12.6. The molecule has 4 aromatic rings. The Morgan fingerprint density at radius 2 is 1.85 bits per heavy atom. The highest BCUT2D eigenvalue weighted by Crippen LogP contribution is 2.31. The van der Waals surface area contributed by atoms with Crippen LogP contribution < -0.4 is 5.32 Å². The summed E-state index contributed by atoms with van der Waals surface area (Å²) in [6.45, 7) is 2.01. The minimum atomic E-state index is -0.170. The summed E-state index contributed by atoms with van der Waals surface area (Å²) in [5, 5.41) is 29.0. The predicted molar refractivity (Wildman–Crippen MR) is 102 cm³/mol. The van der Waals surface area contributed by atoms with Gasteiger partial charge in [0.2, 0.25) is 0 Å². The van der Waals surface area contributed by atoms with Gasteiger partial charge in [0.15, 0.2) is 16.6 Å². The zero-order valence-electron chi connectivity index (χ0n) is 13.9. The molecule has 26 heavy (non-hydrogen) atoms. The number of aromatic hydroxyl groups is 2. The highest BCUT2D eigenvalue weighted by molar-refractivity contribution is 7.14. The molecule has 2 heterocycles. The van der Waals surface area contributed by atoms with E-state index in [1.165, 1.54) is 23.5 Å². The molecule has 0 aliphatic carbocycles. The number of hydrogen-bond acceptors (Lipinski definition) is 6. The predicted octanol–water partition coefficient (Wildman–Crippen LogP) is 4.46. The van der Waals surface area contributed by atoms with Crippen molar-refractivity contribution in [3.63, 3.8) is 0 Å². The number of benzene rings is 2. The van der Waals surface area contributed by atoms with Crippen molar-refractivity contribution in [3.8, 4) is 28.4 Å². The van der Waals surface area contributed by atoms with Gasteiger partial charge in [-0.1, -0.05) is 12.1 Å². The molecule has 0 amide bonds. The smallest absolute Gasteiger partial charge is 0.187 e. The van der Waals surface area contributed by atoms with E-state index in [0.717, 1.165) is 22.5 Å². The fraction of sp³-hybridized carbons (Fsp3) is 0.0526. The molecule has 0 spiro atoms. The Kier molecular flexibility index (Phi) is 4.06. The van der Waals surface area contributed by atoms with Gasteiger partial charge >= 0.3 is 0 Å². The van der Waals surface area contributed by atoms with Crippen LogP contribution in [-0.4, -0.2) is 25.0 Å². The average molecular weight is 364 g/mol. The summed E-state index contributed by atoms with van der Waals surface area (Å²) < 4.78 is 1.84. The van der Waals surface area contributed by atoms with Gasteiger partial charge in [-0.15, -0.1) is 11.3 Å². The van der Waals surface area contributed by atoms with Crippen LogP contribution in [0.5, 0.6) is 11.5 Å². The number of phenolic OH excluding ortho intramolecular Hbond substituents is 2. The molecule has 130 valence electrons. The van der Waals surface area contributed by atoms with Gasteiger partial charge in [-0.2, -0.15) is 5.10 Å². The lowest BCUT2D eigenvalue weighted by molar-refractivity contribution is 0.404. The fourth-order valence-electron chi connectivity index (χ4n) is 2.53. The molecule has 0 aliphatic heterocycles. The second-order valence-electron chi connectivity index (χ2n) is 5.88. The third-order valence-electron chi connectivity index (χ3n) is 3.87. The molecule has 4 rings (SSSR count). The van der Waals surface area contributed by atoms with Crippen LogP contribution in [0.2, 0.25) is 0 Å². The second kappa shape index (κ2) is 6.53. The summed E-state index contributed by atoms with van der Waals surface area (Å²) in [4.78, 5) is 4.58. The monoisotopic (exact) mass is 364 g/mol. The SMILES string of the molecule is Cc1cnn(-c2ccc(-c3csc(Nc4ccc(O)c(O)c4)n3)cc2)c1. The normalized spacial score (nSPS) is 10.8. The lowest BCUT2D eigenvalue weighted by atomic mass is 10.1. The Hall–Kier alpha value is -3.32. The van der Waals surface area contributed by atoms with Crippen molar-refractivity contribution in [2.24, 2.45) is 0 Å². The molecule has 0 radical (unpaired) electrons. The molecule has 0 bridgehead atoms. The lowest BCUT2D eigenvalue weighted by Gasteiger charge is -2.04. The molecule has 6 nitrogen and oxygen atoms in total. The molecule has 0 unspecified atom stereocenters. The third kappa shape index (κ3) is 3.25. The molecule has 7 heteroatoms. The Morgan fingerprint density at radius 1 is 1.04 bits per heavy atom. The molecule has 0 atom stereocenters. The number of aryl methyl sites for hydroxylation is 1.